The molecule has 2 aliphatic heterocycles. The summed E-state index contributed by atoms with van der Waals surface area (Å²) < 4.78 is 1.98. The lowest BCUT2D eigenvalue weighted by Crippen LogP contribution is -2.47. The molecule has 0 saturated carbocycles. The van der Waals surface area contributed by atoms with Crippen LogP contribution in [-0.2, 0) is 10.3 Å². The lowest BCUT2D eigenvalue weighted by molar-refractivity contribution is -0.131. The summed E-state index contributed by atoms with van der Waals surface area (Å²) in [7, 11) is 0. The van der Waals surface area contributed by atoms with Gasteiger partial charge in [-0.1, -0.05) is 11.6 Å². The molecule has 5 nitrogen and oxygen atoms in total. The van der Waals surface area contributed by atoms with Crippen molar-refractivity contribution >= 4 is 28.4 Å². The van der Waals surface area contributed by atoms with Gasteiger partial charge in [0.1, 0.15) is 6.10 Å². The Morgan fingerprint density at radius 3 is 2.74 bits per heavy atom. The highest BCUT2D eigenvalue weighted by Crippen LogP contribution is 2.51. The highest BCUT2D eigenvalue weighted by atomic mass is 35.5. The quantitative estimate of drug-likeness (QED) is 0.873. The van der Waals surface area contributed by atoms with Gasteiger partial charge in [-0.3, -0.25) is 9.48 Å². The lowest BCUT2D eigenvalue weighted by atomic mass is 9.75. The second-order valence-corrected chi connectivity index (χ2v) is 7.33. The van der Waals surface area contributed by atoms with Crippen LogP contribution in [0.5, 0.6) is 0 Å². The SMILES string of the molecule is CC(=O)N1CCC(C2(C)[C@H](O)c3cc(Cl)cc4cnn2c34)CC1. The Morgan fingerprint density at radius 2 is 2.09 bits per heavy atom. The maximum atomic E-state index is 11.5. The fourth-order valence-corrected chi connectivity index (χ4v) is 4.58. The molecule has 2 aromatic rings. The van der Waals surface area contributed by atoms with Crippen LogP contribution in [-0.4, -0.2) is 38.8 Å². The van der Waals surface area contributed by atoms with E-state index in [4.69, 9.17) is 11.6 Å². The number of hydrogen-bond donors (Lipinski definition) is 1. The Balaban J connectivity index is 1.73. The Kier molecular flexibility index (Phi) is 3.22. The summed E-state index contributed by atoms with van der Waals surface area (Å²) >= 11 is 6.19. The molecule has 0 aliphatic carbocycles. The zero-order valence-electron chi connectivity index (χ0n) is 13.3. The lowest BCUT2D eigenvalue weighted by Gasteiger charge is -2.42. The van der Waals surface area contributed by atoms with Crippen LogP contribution in [0.4, 0.5) is 0 Å². The van der Waals surface area contributed by atoms with E-state index in [0.717, 1.165) is 42.4 Å². The third kappa shape index (κ3) is 1.96. The van der Waals surface area contributed by atoms with E-state index in [9.17, 15) is 9.90 Å². The van der Waals surface area contributed by atoms with E-state index in [2.05, 4.69) is 12.0 Å². The first-order chi connectivity index (χ1) is 10.9. The number of hydrogen-bond acceptors (Lipinski definition) is 3. The Morgan fingerprint density at radius 1 is 1.39 bits per heavy atom. The molecule has 122 valence electrons. The standard InChI is InChI=1S/C17H20ClN3O2/c1-10(22)20-5-3-12(4-6-20)17(2)16(23)14-8-13(18)7-11-9-19-21(17)15(11)14/h7-9,12,16,23H,3-6H2,1-2H3/t16-,17?/m1/s1. The van der Waals surface area contributed by atoms with E-state index in [1.165, 1.54) is 0 Å². The smallest absolute Gasteiger partial charge is 0.219 e. The van der Waals surface area contributed by atoms with E-state index < -0.39 is 11.6 Å². The zero-order valence-corrected chi connectivity index (χ0v) is 14.0. The molecule has 2 aliphatic rings. The highest BCUT2D eigenvalue weighted by Gasteiger charge is 2.50. The first-order valence-electron chi connectivity index (χ1n) is 8.04. The van der Waals surface area contributed by atoms with E-state index >= 15 is 0 Å². The van der Waals surface area contributed by atoms with Gasteiger partial charge in [-0.05, 0) is 37.8 Å². The largest absolute Gasteiger partial charge is 0.386 e. The minimum absolute atomic E-state index is 0.122. The van der Waals surface area contributed by atoms with Crippen molar-refractivity contribution in [2.24, 2.45) is 5.92 Å². The van der Waals surface area contributed by atoms with Crippen molar-refractivity contribution in [3.05, 3.63) is 28.9 Å². The summed E-state index contributed by atoms with van der Waals surface area (Å²) in [6.45, 7) is 5.17. The van der Waals surface area contributed by atoms with Crippen molar-refractivity contribution < 1.29 is 9.90 Å². The van der Waals surface area contributed by atoms with Crippen LogP contribution in [0.25, 0.3) is 10.9 Å². The number of piperidine rings is 1. The van der Waals surface area contributed by atoms with E-state index in [1.807, 2.05) is 27.9 Å². The summed E-state index contributed by atoms with van der Waals surface area (Å²) in [5.41, 5.74) is 1.36. The van der Waals surface area contributed by atoms with E-state index in [1.54, 1.807) is 6.92 Å². The molecule has 6 heteroatoms. The number of rotatable bonds is 1. The number of aromatic nitrogens is 2. The third-order valence-electron chi connectivity index (χ3n) is 5.73. The molecular formula is C17H20ClN3O2. The molecule has 1 fully saturated rings. The number of carbonyl (C=O) groups is 1. The van der Waals surface area contributed by atoms with Gasteiger partial charge in [0.2, 0.25) is 5.91 Å². The number of amides is 1. The Labute approximate surface area is 139 Å². The molecule has 1 N–H and O–H groups in total. The normalized spacial score (nSPS) is 27.8. The minimum Gasteiger partial charge on any atom is -0.386 e. The van der Waals surface area contributed by atoms with Gasteiger partial charge in [0, 0.05) is 36.0 Å². The molecule has 1 saturated heterocycles. The molecular weight excluding hydrogens is 314 g/mol. The average molecular weight is 334 g/mol. The van der Waals surface area contributed by atoms with Gasteiger partial charge in [-0.15, -0.1) is 0 Å². The molecule has 4 rings (SSSR count). The zero-order chi connectivity index (χ0) is 16.4. The van der Waals surface area contributed by atoms with Gasteiger partial charge in [-0.2, -0.15) is 5.10 Å². The van der Waals surface area contributed by atoms with Crippen molar-refractivity contribution in [3.63, 3.8) is 0 Å². The first-order valence-corrected chi connectivity index (χ1v) is 8.42. The Hall–Kier alpha value is -1.59. The van der Waals surface area contributed by atoms with Crippen molar-refractivity contribution in [1.82, 2.24) is 14.7 Å². The molecule has 1 aromatic carbocycles. The molecule has 0 bridgehead atoms. The predicted octanol–water partition coefficient (Wildman–Crippen LogP) is 2.71. The molecule has 1 unspecified atom stereocenters. The minimum atomic E-state index is -0.624. The maximum absolute atomic E-state index is 11.5. The number of likely N-dealkylation sites (tertiary alicyclic amines) is 1. The van der Waals surface area contributed by atoms with Crippen molar-refractivity contribution in [1.29, 1.82) is 0 Å². The van der Waals surface area contributed by atoms with Crippen LogP contribution in [0.2, 0.25) is 5.02 Å². The van der Waals surface area contributed by atoms with Crippen LogP contribution in [0.15, 0.2) is 18.3 Å². The third-order valence-corrected chi connectivity index (χ3v) is 5.95. The second kappa shape index (κ2) is 4.95. The number of benzene rings is 1. The summed E-state index contributed by atoms with van der Waals surface area (Å²) in [6, 6.07) is 3.74. The number of halogens is 1. The van der Waals surface area contributed by atoms with Gasteiger partial charge in [0.15, 0.2) is 0 Å². The number of carbonyl (C=O) groups excluding carboxylic acids is 1. The molecule has 1 aromatic heterocycles. The summed E-state index contributed by atoms with van der Waals surface area (Å²) in [5.74, 6) is 0.388. The molecule has 3 heterocycles. The maximum Gasteiger partial charge on any atom is 0.219 e. The van der Waals surface area contributed by atoms with Crippen LogP contribution in [0.1, 0.15) is 38.4 Å². The van der Waals surface area contributed by atoms with Crippen LogP contribution in [0, 0.1) is 5.92 Å². The molecule has 0 radical (unpaired) electrons. The molecule has 23 heavy (non-hydrogen) atoms. The Bertz CT molecular complexity index is 794. The summed E-state index contributed by atoms with van der Waals surface area (Å²) in [4.78, 5) is 13.4. The van der Waals surface area contributed by atoms with Crippen molar-refractivity contribution in [2.45, 2.75) is 38.3 Å². The van der Waals surface area contributed by atoms with E-state index in [-0.39, 0.29) is 11.8 Å². The second-order valence-electron chi connectivity index (χ2n) is 6.90. The van der Waals surface area contributed by atoms with Gasteiger partial charge < -0.3 is 10.0 Å². The number of nitrogens with zero attached hydrogens (tertiary/aromatic N) is 3. The van der Waals surface area contributed by atoms with Crippen molar-refractivity contribution in [2.75, 3.05) is 13.1 Å². The summed E-state index contributed by atoms with van der Waals surface area (Å²) in [5, 5.41) is 17.2. The van der Waals surface area contributed by atoms with Gasteiger partial charge in [0.25, 0.3) is 0 Å². The monoisotopic (exact) mass is 333 g/mol. The summed E-state index contributed by atoms with van der Waals surface area (Å²) in [6.07, 6.45) is 2.94. The molecule has 2 atom stereocenters. The van der Waals surface area contributed by atoms with Gasteiger partial charge >= 0.3 is 0 Å². The average Bonchev–Trinajstić information content (AvgIpc) is 3.04. The number of aliphatic hydroxyl groups excluding tert-OH is 1. The first kappa shape index (κ1) is 15.0. The predicted molar refractivity (Wildman–Crippen MR) is 88.3 cm³/mol. The van der Waals surface area contributed by atoms with Crippen molar-refractivity contribution in [3.8, 4) is 0 Å². The van der Waals surface area contributed by atoms with Gasteiger partial charge in [0.05, 0.1) is 17.3 Å². The van der Waals surface area contributed by atoms with Crippen LogP contribution < -0.4 is 0 Å². The topological polar surface area (TPSA) is 58.4 Å². The van der Waals surface area contributed by atoms with Crippen LogP contribution in [0.3, 0.4) is 0 Å². The van der Waals surface area contributed by atoms with E-state index in [0.29, 0.717) is 5.02 Å². The van der Waals surface area contributed by atoms with Crippen LogP contribution >= 0.6 is 11.6 Å². The molecule has 1 amide bonds. The highest BCUT2D eigenvalue weighted by molar-refractivity contribution is 6.31. The fourth-order valence-electron chi connectivity index (χ4n) is 4.34. The van der Waals surface area contributed by atoms with Gasteiger partial charge in [-0.25, -0.2) is 0 Å². The number of aliphatic hydroxyl groups is 1. The molecule has 0 spiro atoms. The fraction of sp³-hybridized carbons (Fsp3) is 0.529.